The Labute approximate surface area is 105 Å². The summed E-state index contributed by atoms with van der Waals surface area (Å²) in [5.41, 5.74) is 2.25. The highest BCUT2D eigenvalue weighted by Crippen LogP contribution is 2.25. The monoisotopic (exact) mass is 246 g/mol. The molecule has 1 aromatic heterocycles. The fourth-order valence-corrected chi connectivity index (χ4v) is 1.82. The third-order valence-electron chi connectivity index (χ3n) is 2.83. The van der Waals surface area contributed by atoms with Gasteiger partial charge in [0.1, 0.15) is 11.6 Å². The molecule has 0 saturated heterocycles. The molecule has 18 heavy (non-hydrogen) atoms. The van der Waals surface area contributed by atoms with E-state index in [1.165, 1.54) is 6.07 Å². The summed E-state index contributed by atoms with van der Waals surface area (Å²) in [5, 5.41) is 12.4. The van der Waals surface area contributed by atoms with Crippen molar-refractivity contribution in [1.29, 1.82) is 0 Å². The van der Waals surface area contributed by atoms with Crippen molar-refractivity contribution in [1.82, 2.24) is 4.98 Å². The molecule has 0 bridgehead atoms. The van der Waals surface area contributed by atoms with Gasteiger partial charge in [-0.1, -0.05) is 6.07 Å². The molecule has 2 N–H and O–H groups in total. The van der Waals surface area contributed by atoms with E-state index in [4.69, 9.17) is 0 Å². The molecule has 0 radical (unpaired) electrons. The van der Waals surface area contributed by atoms with Crippen LogP contribution in [-0.4, -0.2) is 10.1 Å². The van der Waals surface area contributed by atoms with Gasteiger partial charge >= 0.3 is 0 Å². The summed E-state index contributed by atoms with van der Waals surface area (Å²) in [6.45, 7) is 3.75. The number of phenols is 1. The van der Waals surface area contributed by atoms with Crippen LogP contribution in [-0.2, 0) is 0 Å². The summed E-state index contributed by atoms with van der Waals surface area (Å²) >= 11 is 0. The molecule has 1 atom stereocenters. The van der Waals surface area contributed by atoms with Crippen LogP contribution in [0.2, 0.25) is 0 Å². The molecule has 2 rings (SSSR count). The van der Waals surface area contributed by atoms with Crippen LogP contribution in [0.5, 0.6) is 5.75 Å². The third kappa shape index (κ3) is 2.59. The van der Waals surface area contributed by atoms with E-state index in [1.807, 2.05) is 26.0 Å². The van der Waals surface area contributed by atoms with Gasteiger partial charge in [-0.3, -0.25) is 4.98 Å². The van der Waals surface area contributed by atoms with Crippen molar-refractivity contribution in [2.75, 3.05) is 5.32 Å². The molecule has 0 amide bonds. The van der Waals surface area contributed by atoms with E-state index < -0.39 is 5.82 Å². The van der Waals surface area contributed by atoms with Crippen molar-refractivity contribution in [3.05, 3.63) is 53.6 Å². The number of nitrogens with zero attached hydrogens (tertiary/aromatic N) is 1. The van der Waals surface area contributed by atoms with Crippen LogP contribution in [0.25, 0.3) is 0 Å². The average Bonchev–Trinajstić information content (AvgIpc) is 2.32. The van der Waals surface area contributed by atoms with E-state index in [1.54, 1.807) is 12.3 Å². The summed E-state index contributed by atoms with van der Waals surface area (Å²) in [5.74, 6) is -0.488. The molecule has 0 aliphatic heterocycles. The number of aromatic nitrogens is 1. The van der Waals surface area contributed by atoms with Gasteiger partial charge in [-0.05, 0) is 32.0 Å². The average molecular weight is 246 g/mol. The summed E-state index contributed by atoms with van der Waals surface area (Å²) in [7, 11) is 0. The molecule has 1 heterocycles. The summed E-state index contributed by atoms with van der Waals surface area (Å²) in [4.78, 5) is 4.17. The molecule has 0 aliphatic carbocycles. The lowest BCUT2D eigenvalue weighted by Crippen LogP contribution is -2.09. The smallest absolute Gasteiger partial charge is 0.132 e. The van der Waals surface area contributed by atoms with E-state index in [-0.39, 0.29) is 11.8 Å². The number of hydrogen-bond donors (Lipinski definition) is 2. The topological polar surface area (TPSA) is 45.2 Å². The Balaban J connectivity index is 2.22. The number of benzene rings is 1. The van der Waals surface area contributed by atoms with Crippen molar-refractivity contribution >= 4 is 5.69 Å². The number of anilines is 1. The fraction of sp³-hybridized carbons (Fsp3) is 0.214. The second-order valence-corrected chi connectivity index (χ2v) is 4.21. The molecule has 4 heteroatoms. The van der Waals surface area contributed by atoms with Crippen molar-refractivity contribution in [3.8, 4) is 5.75 Å². The predicted octanol–water partition coefficient (Wildman–Crippen LogP) is 3.41. The zero-order valence-corrected chi connectivity index (χ0v) is 10.3. The summed E-state index contributed by atoms with van der Waals surface area (Å²) in [6.07, 6.45) is 1.71. The molecule has 94 valence electrons. The Morgan fingerprint density at radius 3 is 2.78 bits per heavy atom. The zero-order valence-electron chi connectivity index (χ0n) is 10.3. The minimum Gasteiger partial charge on any atom is -0.508 e. The first-order valence-corrected chi connectivity index (χ1v) is 5.74. The highest BCUT2D eigenvalue weighted by molar-refractivity contribution is 5.49. The maximum atomic E-state index is 13.7. The lowest BCUT2D eigenvalue weighted by Gasteiger charge is -2.17. The van der Waals surface area contributed by atoms with Gasteiger partial charge in [0.2, 0.25) is 0 Å². The molecular weight excluding hydrogens is 231 g/mol. The number of aryl methyl sites for hydroxylation is 1. The highest BCUT2D eigenvalue weighted by Gasteiger charge is 2.12. The second-order valence-electron chi connectivity index (χ2n) is 4.21. The Bertz CT molecular complexity index is 557. The van der Waals surface area contributed by atoms with Gasteiger partial charge in [-0.2, -0.15) is 0 Å². The van der Waals surface area contributed by atoms with Crippen LogP contribution in [0.15, 0.2) is 36.5 Å². The number of pyridine rings is 1. The van der Waals surface area contributed by atoms with E-state index in [0.29, 0.717) is 5.56 Å². The number of nitrogens with one attached hydrogen (secondary N) is 1. The van der Waals surface area contributed by atoms with Gasteiger partial charge in [0, 0.05) is 17.8 Å². The van der Waals surface area contributed by atoms with E-state index in [0.717, 1.165) is 17.4 Å². The van der Waals surface area contributed by atoms with Gasteiger partial charge < -0.3 is 10.4 Å². The SMILES string of the molecule is Cc1ncccc1NC(C)c1ccc(O)cc1F. The molecule has 1 aromatic carbocycles. The molecule has 0 saturated carbocycles. The maximum absolute atomic E-state index is 13.7. The Hall–Kier alpha value is -2.10. The summed E-state index contributed by atoms with van der Waals surface area (Å²) in [6, 6.07) is 7.70. The lowest BCUT2D eigenvalue weighted by molar-refractivity contribution is 0.467. The first-order chi connectivity index (χ1) is 8.58. The third-order valence-corrected chi connectivity index (χ3v) is 2.83. The van der Waals surface area contributed by atoms with Gasteiger partial charge in [-0.15, -0.1) is 0 Å². The van der Waals surface area contributed by atoms with Crippen LogP contribution < -0.4 is 5.32 Å². The fourth-order valence-electron chi connectivity index (χ4n) is 1.82. The zero-order chi connectivity index (χ0) is 13.1. The number of phenolic OH excluding ortho intramolecular Hbond substituents is 1. The minimum absolute atomic E-state index is 0.0685. The van der Waals surface area contributed by atoms with Crippen LogP contribution >= 0.6 is 0 Å². The molecule has 2 aromatic rings. The van der Waals surface area contributed by atoms with Crippen LogP contribution in [0, 0.1) is 12.7 Å². The van der Waals surface area contributed by atoms with E-state index in [9.17, 15) is 9.50 Å². The van der Waals surface area contributed by atoms with Crippen LogP contribution in [0.1, 0.15) is 24.2 Å². The maximum Gasteiger partial charge on any atom is 0.132 e. The summed E-state index contributed by atoms with van der Waals surface area (Å²) < 4.78 is 13.7. The van der Waals surface area contributed by atoms with Gasteiger partial charge in [0.05, 0.1) is 17.4 Å². The number of rotatable bonds is 3. The van der Waals surface area contributed by atoms with E-state index in [2.05, 4.69) is 10.3 Å². The molecule has 0 fully saturated rings. The van der Waals surface area contributed by atoms with Crippen molar-refractivity contribution in [2.24, 2.45) is 0 Å². The van der Waals surface area contributed by atoms with Crippen LogP contribution in [0.4, 0.5) is 10.1 Å². The first kappa shape index (κ1) is 12.4. The molecule has 0 aliphatic rings. The Morgan fingerprint density at radius 1 is 1.33 bits per heavy atom. The molecule has 0 spiro atoms. The largest absolute Gasteiger partial charge is 0.508 e. The second kappa shape index (κ2) is 5.04. The molecular formula is C14H15FN2O. The Morgan fingerprint density at radius 2 is 2.11 bits per heavy atom. The van der Waals surface area contributed by atoms with Crippen molar-refractivity contribution < 1.29 is 9.50 Å². The normalized spacial score (nSPS) is 12.2. The van der Waals surface area contributed by atoms with Gasteiger partial charge in [-0.25, -0.2) is 4.39 Å². The molecule has 3 nitrogen and oxygen atoms in total. The Kier molecular flexibility index (Phi) is 3.46. The first-order valence-electron chi connectivity index (χ1n) is 5.74. The quantitative estimate of drug-likeness (QED) is 0.872. The number of hydrogen-bond acceptors (Lipinski definition) is 3. The molecule has 1 unspecified atom stereocenters. The van der Waals surface area contributed by atoms with Gasteiger partial charge in [0.25, 0.3) is 0 Å². The van der Waals surface area contributed by atoms with Crippen molar-refractivity contribution in [2.45, 2.75) is 19.9 Å². The lowest BCUT2D eigenvalue weighted by atomic mass is 10.1. The highest BCUT2D eigenvalue weighted by atomic mass is 19.1. The predicted molar refractivity (Wildman–Crippen MR) is 69.1 cm³/mol. The van der Waals surface area contributed by atoms with E-state index >= 15 is 0 Å². The number of aromatic hydroxyl groups is 1. The van der Waals surface area contributed by atoms with Crippen molar-refractivity contribution in [3.63, 3.8) is 0 Å². The minimum atomic E-state index is -0.420. The van der Waals surface area contributed by atoms with Gasteiger partial charge in [0.15, 0.2) is 0 Å². The number of halogens is 1. The van der Waals surface area contributed by atoms with Crippen LogP contribution in [0.3, 0.4) is 0 Å². The standard InChI is InChI=1S/C14H15FN2O/c1-9(12-6-5-11(18)8-13(12)15)17-14-4-3-7-16-10(14)2/h3-9,17-18H,1-2H3.